The van der Waals surface area contributed by atoms with Crippen molar-refractivity contribution in [3.05, 3.63) is 108 Å². The fourth-order valence-electron chi connectivity index (χ4n) is 4.11. The van der Waals surface area contributed by atoms with Crippen molar-refractivity contribution < 1.29 is 9.59 Å². The highest BCUT2D eigenvalue weighted by molar-refractivity contribution is 5.96. The van der Waals surface area contributed by atoms with E-state index in [-0.39, 0.29) is 24.2 Å². The molecule has 2 amide bonds. The van der Waals surface area contributed by atoms with Crippen LogP contribution in [0.4, 0.5) is 0 Å². The van der Waals surface area contributed by atoms with Crippen LogP contribution in [0, 0.1) is 0 Å². The molecule has 0 bridgehead atoms. The summed E-state index contributed by atoms with van der Waals surface area (Å²) in [7, 11) is 1.72. The molecule has 2 N–H and O–H groups in total. The Kier molecular flexibility index (Phi) is 6.57. The zero-order chi connectivity index (χ0) is 24.9. The number of imidazole rings is 1. The van der Waals surface area contributed by atoms with Crippen molar-refractivity contribution in [1.82, 2.24) is 30.0 Å². The Morgan fingerprint density at radius 1 is 0.917 bits per heavy atom. The first kappa shape index (κ1) is 23.0. The summed E-state index contributed by atoms with van der Waals surface area (Å²) in [5.41, 5.74) is 5.62. The predicted molar refractivity (Wildman–Crippen MR) is 138 cm³/mol. The first-order chi connectivity index (χ1) is 17.6. The third-order valence-corrected chi connectivity index (χ3v) is 6.05. The molecule has 3 aromatic carbocycles. The predicted octanol–water partition coefficient (Wildman–Crippen LogP) is 3.86. The van der Waals surface area contributed by atoms with Gasteiger partial charge >= 0.3 is 0 Å². The van der Waals surface area contributed by atoms with Crippen LogP contribution in [0.3, 0.4) is 0 Å². The van der Waals surface area contributed by atoms with E-state index in [0.29, 0.717) is 13.1 Å². The second-order valence-corrected chi connectivity index (χ2v) is 8.60. The molecular formula is C28H26N6O2. The number of carbonyl (C=O) groups is 2. The monoisotopic (exact) mass is 478 g/mol. The maximum absolute atomic E-state index is 13.1. The fourth-order valence-corrected chi connectivity index (χ4v) is 4.11. The van der Waals surface area contributed by atoms with E-state index in [1.54, 1.807) is 18.1 Å². The number of rotatable bonds is 8. The first-order valence-corrected chi connectivity index (χ1v) is 11.7. The van der Waals surface area contributed by atoms with Crippen molar-refractivity contribution in [2.24, 2.45) is 0 Å². The zero-order valence-electron chi connectivity index (χ0n) is 19.9. The Bertz CT molecular complexity index is 1470. The van der Waals surface area contributed by atoms with Gasteiger partial charge in [0.05, 0.1) is 23.3 Å². The quantitative estimate of drug-likeness (QED) is 0.354. The van der Waals surface area contributed by atoms with Gasteiger partial charge in [0.15, 0.2) is 5.82 Å². The lowest BCUT2D eigenvalue weighted by atomic mass is 10.1. The molecule has 0 unspecified atom stereocenters. The number of nitrogens with one attached hydrogen (secondary N) is 2. The van der Waals surface area contributed by atoms with E-state index in [0.717, 1.165) is 33.4 Å². The number of benzene rings is 3. The van der Waals surface area contributed by atoms with E-state index >= 15 is 0 Å². The lowest BCUT2D eigenvalue weighted by molar-refractivity contribution is -0.129. The molecule has 2 aromatic heterocycles. The molecule has 0 aliphatic carbocycles. The van der Waals surface area contributed by atoms with Crippen LogP contribution < -0.4 is 5.32 Å². The summed E-state index contributed by atoms with van der Waals surface area (Å²) in [4.78, 5) is 32.0. The Morgan fingerprint density at radius 2 is 1.67 bits per heavy atom. The largest absolute Gasteiger partial charge is 0.340 e. The van der Waals surface area contributed by atoms with E-state index in [1.165, 1.54) is 0 Å². The molecule has 0 fully saturated rings. The van der Waals surface area contributed by atoms with E-state index in [2.05, 4.69) is 20.5 Å². The van der Waals surface area contributed by atoms with Crippen LogP contribution in [0.1, 0.15) is 21.7 Å². The van der Waals surface area contributed by atoms with Crippen LogP contribution in [-0.2, 0) is 17.9 Å². The van der Waals surface area contributed by atoms with E-state index in [1.807, 2.05) is 89.5 Å². The van der Waals surface area contributed by atoms with Gasteiger partial charge in [-0.25, -0.2) is 4.98 Å². The Labute approximate surface area is 208 Å². The molecule has 0 spiro atoms. The Balaban J connectivity index is 1.24. The minimum atomic E-state index is -0.382. The van der Waals surface area contributed by atoms with Gasteiger partial charge in [0.2, 0.25) is 5.91 Å². The number of fused-ring (bicyclic) bond motifs is 1. The second-order valence-electron chi connectivity index (χ2n) is 8.60. The second kappa shape index (κ2) is 10.3. The highest BCUT2D eigenvalue weighted by atomic mass is 16.2. The minimum absolute atomic E-state index is 0.115. The molecule has 0 radical (unpaired) electrons. The molecule has 0 aliphatic rings. The summed E-state index contributed by atoms with van der Waals surface area (Å²) in [6.45, 7) is 0.826. The molecule has 0 saturated carbocycles. The van der Waals surface area contributed by atoms with Gasteiger partial charge in [0.1, 0.15) is 0 Å². The smallest absolute Gasteiger partial charge is 0.287 e. The van der Waals surface area contributed by atoms with Crippen molar-refractivity contribution in [3.63, 3.8) is 0 Å². The van der Waals surface area contributed by atoms with Gasteiger partial charge in [-0.1, -0.05) is 66.7 Å². The molecule has 5 rings (SSSR count). The highest BCUT2D eigenvalue weighted by Gasteiger charge is 2.19. The number of aromatic amines is 1. The summed E-state index contributed by atoms with van der Waals surface area (Å²) < 4.78 is 1.88. The van der Waals surface area contributed by atoms with Crippen molar-refractivity contribution in [3.8, 4) is 11.3 Å². The molecule has 5 aromatic rings. The maximum atomic E-state index is 13.1. The Morgan fingerprint density at radius 3 is 2.42 bits per heavy atom. The lowest BCUT2D eigenvalue weighted by Gasteiger charge is -2.18. The van der Waals surface area contributed by atoms with Gasteiger partial charge in [-0.3, -0.25) is 14.7 Å². The third kappa shape index (κ3) is 5.02. The SMILES string of the molecule is CN(Cc1ccc(-c2ccn[nH]2)cc1)C(=O)CNC(=O)c1nc2ccccc2n1Cc1ccccc1. The van der Waals surface area contributed by atoms with Crippen molar-refractivity contribution in [2.45, 2.75) is 13.1 Å². The number of amides is 2. The van der Waals surface area contributed by atoms with E-state index < -0.39 is 0 Å². The fraction of sp³-hybridized carbons (Fsp3) is 0.143. The normalized spacial score (nSPS) is 10.9. The van der Waals surface area contributed by atoms with Crippen LogP contribution in [0.2, 0.25) is 0 Å². The standard InChI is InChI=1S/C28H26N6O2/c1-33(18-21-11-13-22(14-12-21)23-15-16-30-32-23)26(35)17-29-28(36)27-31-24-9-5-6-10-25(24)34(27)19-20-7-3-2-4-8-20/h2-16H,17-19H2,1H3,(H,29,36)(H,30,32). The highest BCUT2D eigenvalue weighted by Crippen LogP contribution is 2.19. The molecule has 180 valence electrons. The summed E-state index contributed by atoms with van der Waals surface area (Å²) in [5.74, 6) is -0.288. The van der Waals surface area contributed by atoms with Gasteiger partial charge in [0, 0.05) is 26.3 Å². The average Bonchev–Trinajstić information content (AvgIpc) is 3.57. The first-order valence-electron chi connectivity index (χ1n) is 11.7. The minimum Gasteiger partial charge on any atom is -0.340 e. The number of H-pyrrole nitrogens is 1. The summed E-state index contributed by atoms with van der Waals surface area (Å²) in [6, 6.07) is 27.4. The lowest BCUT2D eigenvalue weighted by Crippen LogP contribution is -2.38. The number of carbonyl (C=O) groups excluding carboxylic acids is 2. The molecule has 8 heteroatoms. The number of likely N-dealkylation sites (N-methyl/N-ethyl adjacent to an activating group) is 1. The third-order valence-electron chi connectivity index (χ3n) is 6.05. The molecule has 8 nitrogen and oxygen atoms in total. The zero-order valence-corrected chi connectivity index (χ0v) is 19.9. The van der Waals surface area contributed by atoms with Crippen LogP contribution in [0.15, 0.2) is 91.1 Å². The van der Waals surface area contributed by atoms with Crippen molar-refractivity contribution in [2.75, 3.05) is 13.6 Å². The number of hydrogen-bond donors (Lipinski definition) is 2. The van der Waals surface area contributed by atoms with Gasteiger partial charge < -0.3 is 14.8 Å². The van der Waals surface area contributed by atoms with Gasteiger partial charge in [-0.2, -0.15) is 5.10 Å². The van der Waals surface area contributed by atoms with E-state index in [9.17, 15) is 9.59 Å². The molecule has 36 heavy (non-hydrogen) atoms. The summed E-state index contributed by atoms with van der Waals surface area (Å²) in [6.07, 6.45) is 1.71. The number of hydrogen-bond acceptors (Lipinski definition) is 4. The Hall–Kier alpha value is -4.72. The summed E-state index contributed by atoms with van der Waals surface area (Å²) in [5, 5.41) is 9.66. The van der Waals surface area contributed by atoms with Crippen LogP contribution in [0.5, 0.6) is 0 Å². The molecule has 2 heterocycles. The van der Waals surface area contributed by atoms with Gasteiger partial charge in [0.25, 0.3) is 5.91 Å². The summed E-state index contributed by atoms with van der Waals surface area (Å²) >= 11 is 0. The average molecular weight is 479 g/mol. The molecule has 0 saturated heterocycles. The number of aromatic nitrogens is 4. The van der Waals surface area contributed by atoms with Crippen molar-refractivity contribution >= 4 is 22.8 Å². The topological polar surface area (TPSA) is 95.9 Å². The number of nitrogens with zero attached hydrogens (tertiary/aromatic N) is 4. The molecule has 0 aliphatic heterocycles. The van der Waals surface area contributed by atoms with Crippen LogP contribution >= 0.6 is 0 Å². The maximum Gasteiger partial charge on any atom is 0.287 e. The van der Waals surface area contributed by atoms with Crippen LogP contribution in [-0.4, -0.2) is 50.1 Å². The molecular weight excluding hydrogens is 452 g/mol. The van der Waals surface area contributed by atoms with Crippen molar-refractivity contribution in [1.29, 1.82) is 0 Å². The van der Waals surface area contributed by atoms with Gasteiger partial charge in [-0.05, 0) is 34.9 Å². The van der Waals surface area contributed by atoms with E-state index in [4.69, 9.17) is 0 Å². The molecule has 0 atom stereocenters. The van der Waals surface area contributed by atoms with Gasteiger partial charge in [-0.15, -0.1) is 0 Å². The van der Waals surface area contributed by atoms with Crippen LogP contribution in [0.25, 0.3) is 22.3 Å². The number of para-hydroxylation sites is 2.